The van der Waals surface area contributed by atoms with Crippen LogP contribution < -0.4 is 5.73 Å². The molecule has 0 aromatic carbocycles. The van der Waals surface area contributed by atoms with E-state index in [1.165, 1.54) is 64.6 Å². The smallest absolute Gasteiger partial charge is 0.00825 e. The number of nitrogens with zero attached hydrogens (tertiary/aromatic N) is 1. The van der Waals surface area contributed by atoms with Gasteiger partial charge < -0.3 is 10.6 Å². The van der Waals surface area contributed by atoms with Gasteiger partial charge in [-0.25, -0.2) is 0 Å². The van der Waals surface area contributed by atoms with Crippen LogP contribution in [0.15, 0.2) is 0 Å². The van der Waals surface area contributed by atoms with Crippen molar-refractivity contribution in [3.05, 3.63) is 0 Å². The second-order valence-corrected chi connectivity index (χ2v) is 7.36. The van der Waals surface area contributed by atoms with E-state index in [0.29, 0.717) is 6.04 Å². The summed E-state index contributed by atoms with van der Waals surface area (Å²) in [5, 5.41) is 0. The molecule has 2 aliphatic carbocycles. The molecule has 2 nitrogen and oxygen atoms in total. The molecule has 0 spiro atoms. The molecule has 0 radical (unpaired) electrons. The van der Waals surface area contributed by atoms with E-state index in [9.17, 15) is 0 Å². The highest BCUT2D eigenvalue weighted by molar-refractivity contribution is 5.85. The van der Waals surface area contributed by atoms with Gasteiger partial charge in [0, 0.05) is 25.7 Å². The second kappa shape index (κ2) is 6.78. The molecule has 3 rings (SSSR count). The van der Waals surface area contributed by atoms with Crippen LogP contribution in [-0.4, -0.2) is 30.6 Å². The van der Waals surface area contributed by atoms with Gasteiger partial charge in [0.25, 0.3) is 0 Å². The van der Waals surface area contributed by atoms with E-state index in [4.69, 9.17) is 5.73 Å². The first kappa shape index (κ1) is 15.6. The summed E-state index contributed by atoms with van der Waals surface area (Å²) < 4.78 is 0. The molecule has 2 saturated carbocycles. The highest BCUT2D eigenvalue weighted by atomic mass is 35.5. The average molecular weight is 287 g/mol. The van der Waals surface area contributed by atoms with Crippen molar-refractivity contribution in [1.82, 2.24) is 4.90 Å². The van der Waals surface area contributed by atoms with Crippen molar-refractivity contribution in [2.45, 2.75) is 57.9 Å². The molecule has 0 bridgehead atoms. The van der Waals surface area contributed by atoms with Crippen LogP contribution in [0, 0.1) is 23.7 Å². The fraction of sp³-hybridized carbons (Fsp3) is 1.00. The van der Waals surface area contributed by atoms with Gasteiger partial charge in [-0.15, -0.1) is 12.4 Å². The topological polar surface area (TPSA) is 29.3 Å². The summed E-state index contributed by atoms with van der Waals surface area (Å²) in [6.07, 6.45) is 9.96. The Morgan fingerprint density at radius 1 is 1.00 bits per heavy atom. The summed E-state index contributed by atoms with van der Waals surface area (Å²) in [5.74, 6) is 3.71. The normalized spacial score (nSPS) is 43.6. The van der Waals surface area contributed by atoms with Crippen LogP contribution in [0.5, 0.6) is 0 Å². The minimum Gasteiger partial charge on any atom is -0.327 e. The van der Waals surface area contributed by atoms with Gasteiger partial charge in [0.05, 0.1) is 0 Å². The molecule has 3 heteroatoms. The fourth-order valence-corrected chi connectivity index (χ4v) is 4.63. The van der Waals surface area contributed by atoms with Crippen molar-refractivity contribution < 1.29 is 0 Å². The largest absolute Gasteiger partial charge is 0.327 e. The maximum Gasteiger partial charge on any atom is 0.00825 e. The summed E-state index contributed by atoms with van der Waals surface area (Å²) in [6.45, 7) is 6.44. The third-order valence-corrected chi connectivity index (χ3v) is 5.88. The molecular weight excluding hydrogens is 256 g/mol. The quantitative estimate of drug-likeness (QED) is 0.844. The van der Waals surface area contributed by atoms with Crippen molar-refractivity contribution in [2.75, 3.05) is 19.6 Å². The van der Waals surface area contributed by atoms with Crippen LogP contribution in [0.3, 0.4) is 0 Å². The van der Waals surface area contributed by atoms with Crippen LogP contribution in [0.25, 0.3) is 0 Å². The number of halogens is 1. The molecule has 0 amide bonds. The van der Waals surface area contributed by atoms with Gasteiger partial charge in [0.2, 0.25) is 0 Å². The van der Waals surface area contributed by atoms with Crippen molar-refractivity contribution in [3.8, 4) is 0 Å². The van der Waals surface area contributed by atoms with E-state index in [0.717, 1.165) is 23.7 Å². The molecule has 3 fully saturated rings. The fourth-order valence-electron chi connectivity index (χ4n) is 4.63. The minimum atomic E-state index is 0. The van der Waals surface area contributed by atoms with E-state index in [-0.39, 0.29) is 12.4 Å². The molecular formula is C16H31ClN2. The van der Waals surface area contributed by atoms with Gasteiger partial charge in [0.15, 0.2) is 0 Å². The van der Waals surface area contributed by atoms with Gasteiger partial charge in [-0.05, 0) is 49.4 Å². The van der Waals surface area contributed by atoms with Crippen molar-refractivity contribution in [2.24, 2.45) is 29.4 Å². The van der Waals surface area contributed by atoms with Gasteiger partial charge in [-0.3, -0.25) is 0 Å². The van der Waals surface area contributed by atoms with Crippen LogP contribution in [0.2, 0.25) is 0 Å². The Labute approximate surface area is 124 Å². The van der Waals surface area contributed by atoms with E-state index in [1.54, 1.807) is 0 Å². The molecule has 112 valence electrons. The zero-order chi connectivity index (χ0) is 12.5. The molecule has 2 N–H and O–H groups in total. The summed E-state index contributed by atoms with van der Waals surface area (Å²) >= 11 is 0. The Bertz CT molecular complexity index is 276. The van der Waals surface area contributed by atoms with Crippen LogP contribution in [-0.2, 0) is 0 Å². The highest BCUT2D eigenvalue weighted by Crippen LogP contribution is 2.37. The summed E-state index contributed by atoms with van der Waals surface area (Å²) in [4.78, 5) is 2.75. The molecule has 1 saturated heterocycles. The Kier molecular flexibility index (Phi) is 5.56. The van der Waals surface area contributed by atoms with Gasteiger partial charge >= 0.3 is 0 Å². The van der Waals surface area contributed by atoms with E-state index in [2.05, 4.69) is 11.8 Å². The van der Waals surface area contributed by atoms with E-state index >= 15 is 0 Å². The first-order valence-corrected chi connectivity index (χ1v) is 8.20. The summed E-state index contributed by atoms with van der Waals surface area (Å²) in [7, 11) is 0. The lowest BCUT2D eigenvalue weighted by Gasteiger charge is -2.30. The molecule has 1 aliphatic heterocycles. The van der Waals surface area contributed by atoms with E-state index in [1.807, 2.05) is 0 Å². The molecule has 3 unspecified atom stereocenters. The third-order valence-electron chi connectivity index (χ3n) is 5.88. The second-order valence-electron chi connectivity index (χ2n) is 7.36. The number of hydrogen-bond donors (Lipinski definition) is 1. The summed E-state index contributed by atoms with van der Waals surface area (Å²) in [6, 6.07) is 0.500. The van der Waals surface area contributed by atoms with E-state index < -0.39 is 0 Å². The van der Waals surface area contributed by atoms with Crippen LogP contribution >= 0.6 is 12.4 Å². The SMILES string of the molecule is CC1CCC(CN2CC3CCCC(N)C3C2)CC1.Cl. The lowest BCUT2D eigenvalue weighted by molar-refractivity contribution is 0.203. The Morgan fingerprint density at radius 2 is 1.74 bits per heavy atom. The Hall–Kier alpha value is 0.210. The molecule has 19 heavy (non-hydrogen) atoms. The Balaban J connectivity index is 0.00000133. The molecule has 3 aliphatic rings. The zero-order valence-electron chi connectivity index (χ0n) is 12.4. The molecule has 1 heterocycles. The van der Waals surface area contributed by atoms with Gasteiger partial charge in [0.1, 0.15) is 0 Å². The molecule has 0 aromatic heterocycles. The number of rotatable bonds is 2. The predicted molar refractivity (Wildman–Crippen MR) is 83.6 cm³/mol. The summed E-state index contributed by atoms with van der Waals surface area (Å²) in [5.41, 5.74) is 6.31. The monoisotopic (exact) mass is 286 g/mol. The lowest BCUT2D eigenvalue weighted by Crippen LogP contribution is -2.38. The zero-order valence-corrected chi connectivity index (χ0v) is 13.2. The highest BCUT2D eigenvalue weighted by Gasteiger charge is 2.39. The van der Waals surface area contributed by atoms with Crippen LogP contribution in [0.1, 0.15) is 51.9 Å². The third kappa shape index (κ3) is 3.65. The maximum absolute atomic E-state index is 6.31. The molecule has 3 atom stereocenters. The average Bonchev–Trinajstić information content (AvgIpc) is 2.76. The first-order chi connectivity index (χ1) is 8.72. The maximum atomic E-state index is 6.31. The van der Waals surface area contributed by atoms with Crippen molar-refractivity contribution in [1.29, 1.82) is 0 Å². The van der Waals surface area contributed by atoms with Crippen LogP contribution in [0.4, 0.5) is 0 Å². The number of hydrogen-bond acceptors (Lipinski definition) is 2. The Morgan fingerprint density at radius 3 is 2.42 bits per heavy atom. The number of likely N-dealkylation sites (tertiary alicyclic amines) is 1. The van der Waals surface area contributed by atoms with Gasteiger partial charge in [-0.2, -0.15) is 0 Å². The van der Waals surface area contributed by atoms with Gasteiger partial charge in [-0.1, -0.05) is 26.2 Å². The predicted octanol–water partition coefficient (Wildman–Crippen LogP) is 3.29. The standard InChI is InChI=1S/C16H30N2.ClH/c1-12-5-7-13(8-6-12)9-18-10-14-3-2-4-16(17)15(14)11-18;/h12-16H,2-11,17H2,1H3;1H. The van der Waals surface area contributed by atoms with Crippen molar-refractivity contribution >= 4 is 12.4 Å². The lowest BCUT2D eigenvalue weighted by atomic mass is 9.78. The minimum absolute atomic E-state index is 0. The van der Waals surface area contributed by atoms with Crippen molar-refractivity contribution in [3.63, 3.8) is 0 Å². The molecule has 0 aromatic rings. The first-order valence-electron chi connectivity index (χ1n) is 8.20. The number of nitrogens with two attached hydrogens (primary N) is 1. The number of fused-ring (bicyclic) bond motifs is 1.